The maximum Gasteiger partial charge on any atom is 0.414 e. The van der Waals surface area contributed by atoms with Gasteiger partial charge < -0.3 is 19.7 Å². The number of aliphatic carboxylic acids is 1. The van der Waals surface area contributed by atoms with Crippen LogP contribution in [0.15, 0.2) is 59.1 Å². The molecule has 1 atom stereocenters. The van der Waals surface area contributed by atoms with Crippen LogP contribution in [0.4, 0.5) is 10.7 Å². The zero-order valence-corrected chi connectivity index (χ0v) is 18.2. The third kappa shape index (κ3) is 4.50. The van der Waals surface area contributed by atoms with E-state index < -0.39 is 24.0 Å². The van der Waals surface area contributed by atoms with Crippen LogP contribution in [0.2, 0.25) is 0 Å². The Hall–Kier alpha value is -4.14. The first-order valence-corrected chi connectivity index (χ1v) is 11.1. The first kappa shape index (κ1) is 21.7. The van der Waals surface area contributed by atoms with Crippen LogP contribution in [0.25, 0.3) is 11.1 Å². The van der Waals surface area contributed by atoms with Crippen LogP contribution >= 0.6 is 0 Å². The Morgan fingerprint density at radius 1 is 1.06 bits per heavy atom. The highest BCUT2D eigenvalue weighted by atomic mass is 16.6. The van der Waals surface area contributed by atoms with Crippen LogP contribution in [-0.4, -0.2) is 40.9 Å². The molecule has 3 N–H and O–H groups in total. The summed E-state index contributed by atoms with van der Waals surface area (Å²) in [7, 11) is 0. The number of aromatic nitrogens is 1. The number of carboxylic acids is 1. The molecule has 0 saturated heterocycles. The molecule has 3 aromatic rings. The van der Waals surface area contributed by atoms with Crippen molar-refractivity contribution in [3.63, 3.8) is 0 Å². The topological polar surface area (TPSA) is 131 Å². The Labute approximate surface area is 195 Å². The highest BCUT2D eigenvalue weighted by molar-refractivity contribution is 5.94. The summed E-state index contributed by atoms with van der Waals surface area (Å²) in [6, 6.07) is 16.9. The molecule has 2 aromatic carbocycles. The molecule has 2 aliphatic carbocycles. The molecule has 0 spiro atoms. The van der Waals surface area contributed by atoms with Crippen molar-refractivity contribution in [3.05, 3.63) is 71.4 Å². The lowest BCUT2D eigenvalue weighted by atomic mass is 9.98. The maximum atomic E-state index is 12.4. The smallest absolute Gasteiger partial charge is 0.414 e. The fraction of sp³-hybridized carbons (Fsp3) is 0.280. The fourth-order valence-corrected chi connectivity index (χ4v) is 4.44. The summed E-state index contributed by atoms with van der Waals surface area (Å²) >= 11 is 0. The fourth-order valence-electron chi connectivity index (χ4n) is 4.44. The molecular weight excluding hydrogens is 438 g/mol. The van der Waals surface area contributed by atoms with Gasteiger partial charge in [0.2, 0.25) is 5.88 Å². The SMILES string of the molecule is O=C(O)CC(NC(=O)c1cc(NC(=O)OCC2c3ccccc3-c3ccccc32)on1)C1CC1. The lowest BCUT2D eigenvalue weighted by molar-refractivity contribution is -0.137. The summed E-state index contributed by atoms with van der Waals surface area (Å²) in [5.74, 6) is -1.49. The van der Waals surface area contributed by atoms with Gasteiger partial charge in [-0.2, -0.15) is 0 Å². The van der Waals surface area contributed by atoms with Gasteiger partial charge in [0.25, 0.3) is 5.91 Å². The highest BCUT2D eigenvalue weighted by Crippen LogP contribution is 2.44. The third-order valence-electron chi connectivity index (χ3n) is 6.21. The molecule has 174 valence electrons. The van der Waals surface area contributed by atoms with Gasteiger partial charge in [0, 0.05) is 18.0 Å². The number of hydrogen-bond donors (Lipinski definition) is 3. The zero-order chi connectivity index (χ0) is 23.7. The molecule has 9 heteroatoms. The minimum Gasteiger partial charge on any atom is -0.481 e. The van der Waals surface area contributed by atoms with Gasteiger partial charge in [0.1, 0.15) is 6.61 Å². The Morgan fingerprint density at radius 2 is 1.71 bits per heavy atom. The summed E-state index contributed by atoms with van der Waals surface area (Å²) in [6.07, 6.45) is 0.878. The number of nitrogens with zero attached hydrogens (tertiary/aromatic N) is 1. The molecule has 0 radical (unpaired) electrons. The number of carboxylic acid groups (broad SMARTS) is 1. The largest absolute Gasteiger partial charge is 0.481 e. The molecule has 0 bridgehead atoms. The summed E-state index contributed by atoms with van der Waals surface area (Å²) in [4.78, 5) is 35.8. The lowest BCUT2D eigenvalue weighted by Crippen LogP contribution is -2.38. The van der Waals surface area contributed by atoms with Crippen molar-refractivity contribution in [2.75, 3.05) is 11.9 Å². The second-order valence-corrected chi connectivity index (χ2v) is 8.54. The number of anilines is 1. The summed E-state index contributed by atoms with van der Waals surface area (Å²) in [5, 5.41) is 17.8. The lowest BCUT2D eigenvalue weighted by Gasteiger charge is -2.14. The minimum absolute atomic E-state index is 0.0384. The molecular formula is C25H23N3O6. The molecule has 9 nitrogen and oxygen atoms in total. The zero-order valence-electron chi connectivity index (χ0n) is 18.2. The first-order chi connectivity index (χ1) is 16.5. The predicted octanol–water partition coefficient (Wildman–Crippen LogP) is 4.02. The number of amides is 2. The van der Waals surface area contributed by atoms with E-state index in [9.17, 15) is 14.4 Å². The van der Waals surface area contributed by atoms with Gasteiger partial charge in [0.15, 0.2) is 5.69 Å². The van der Waals surface area contributed by atoms with Crippen molar-refractivity contribution < 1.29 is 28.8 Å². The van der Waals surface area contributed by atoms with Crippen molar-refractivity contribution in [3.8, 4) is 11.1 Å². The average Bonchev–Trinajstić information content (AvgIpc) is 3.49. The van der Waals surface area contributed by atoms with Crippen LogP contribution in [0, 0.1) is 5.92 Å². The van der Waals surface area contributed by atoms with E-state index >= 15 is 0 Å². The second-order valence-electron chi connectivity index (χ2n) is 8.54. The molecule has 1 aromatic heterocycles. The third-order valence-corrected chi connectivity index (χ3v) is 6.21. The van der Waals surface area contributed by atoms with E-state index in [-0.39, 0.29) is 36.4 Å². The van der Waals surface area contributed by atoms with E-state index in [0.29, 0.717) is 0 Å². The van der Waals surface area contributed by atoms with Gasteiger partial charge in [-0.3, -0.25) is 14.9 Å². The van der Waals surface area contributed by atoms with Crippen LogP contribution in [-0.2, 0) is 9.53 Å². The number of carbonyl (C=O) groups is 3. The van der Waals surface area contributed by atoms with E-state index in [4.69, 9.17) is 14.4 Å². The summed E-state index contributed by atoms with van der Waals surface area (Å²) in [6.45, 7) is 0.138. The first-order valence-electron chi connectivity index (χ1n) is 11.1. The Morgan fingerprint density at radius 3 is 2.32 bits per heavy atom. The second kappa shape index (κ2) is 9.01. The average molecular weight is 461 g/mol. The number of nitrogens with one attached hydrogen (secondary N) is 2. The quantitative estimate of drug-likeness (QED) is 0.462. The minimum atomic E-state index is -0.977. The molecule has 2 amide bonds. The molecule has 1 heterocycles. The molecule has 0 aliphatic heterocycles. The molecule has 1 unspecified atom stereocenters. The van der Waals surface area contributed by atoms with Crippen molar-refractivity contribution in [2.24, 2.45) is 5.92 Å². The van der Waals surface area contributed by atoms with Crippen LogP contribution in [0.1, 0.15) is 46.8 Å². The molecule has 34 heavy (non-hydrogen) atoms. The van der Waals surface area contributed by atoms with Gasteiger partial charge in [-0.1, -0.05) is 53.7 Å². The Bertz CT molecular complexity index is 1200. The van der Waals surface area contributed by atoms with Crippen LogP contribution < -0.4 is 10.6 Å². The standard InChI is InChI=1S/C25H23N3O6/c29-23(30)12-20(14-9-10-14)26-24(31)21-11-22(34-28-21)27-25(32)33-13-19-17-7-3-1-5-15(17)16-6-2-4-8-18(16)19/h1-8,11,14,19-20H,9-10,12-13H2,(H,26,31)(H,27,32)(H,29,30). The van der Waals surface area contributed by atoms with Gasteiger partial charge >= 0.3 is 12.1 Å². The van der Waals surface area contributed by atoms with Crippen molar-refractivity contribution in [2.45, 2.75) is 31.2 Å². The summed E-state index contributed by atoms with van der Waals surface area (Å²) in [5.41, 5.74) is 4.41. The highest BCUT2D eigenvalue weighted by Gasteiger charge is 2.34. The predicted molar refractivity (Wildman–Crippen MR) is 121 cm³/mol. The van der Waals surface area contributed by atoms with Crippen molar-refractivity contribution in [1.29, 1.82) is 0 Å². The van der Waals surface area contributed by atoms with E-state index in [1.165, 1.54) is 6.07 Å². The van der Waals surface area contributed by atoms with Crippen LogP contribution in [0.3, 0.4) is 0 Å². The number of fused-ring (bicyclic) bond motifs is 3. The maximum absolute atomic E-state index is 12.4. The monoisotopic (exact) mass is 461 g/mol. The van der Waals surface area contributed by atoms with Crippen molar-refractivity contribution in [1.82, 2.24) is 10.5 Å². The van der Waals surface area contributed by atoms with Gasteiger partial charge in [0.05, 0.1) is 6.42 Å². The van der Waals surface area contributed by atoms with E-state index in [1.807, 2.05) is 36.4 Å². The molecule has 1 fully saturated rings. The van der Waals surface area contributed by atoms with E-state index in [0.717, 1.165) is 35.1 Å². The molecule has 2 aliphatic rings. The van der Waals surface area contributed by atoms with Gasteiger partial charge in [-0.05, 0) is 41.0 Å². The van der Waals surface area contributed by atoms with Gasteiger partial charge in [-0.15, -0.1) is 0 Å². The number of carbonyl (C=O) groups excluding carboxylic acids is 2. The molecule has 1 saturated carbocycles. The van der Waals surface area contributed by atoms with Crippen LogP contribution in [0.5, 0.6) is 0 Å². The Kier molecular flexibility index (Phi) is 5.75. The van der Waals surface area contributed by atoms with E-state index in [1.54, 1.807) is 0 Å². The number of benzene rings is 2. The molecule has 5 rings (SSSR count). The van der Waals surface area contributed by atoms with E-state index in [2.05, 4.69) is 27.9 Å². The summed E-state index contributed by atoms with van der Waals surface area (Å²) < 4.78 is 10.5. The Balaban J connectivity index is 1.19. The number of ether oxygens (including phenoxy) is 1. The number of rotatable bonds is 8. The van der Waals surface area contributed by atoms with Gasteiger partial charge in [-0.25, -0.2) is 4.79 Å². The number of hydrogen-bond acceptors (Lipinski definition) is 6. The van der Waals surface area contributed by atoms with Crippen molar-refractivity contribution >= 4 is 23.9 Å². The normalized spacial score (nSPS) is 15.2.